The second-order valence-corrected chi connectivity index (χ2v) is 3.01. The molecule has 0 aliphatic rings. The molecule has 0 aromatic heterocycles. The molecule has 76 valence electrons. The molecule has 0 spiro atoms. The number of nitrogens with one attached hydrogen (secondary N) is 1. The quantitative estimate of drug-likeness (QED) is 0.769. The lowest BCUT2D eigenvalue weighted by molar-refractivity contribution is -0.117. The van der Waals surface area contributed by atoms with E-state index in [2.05, 4.69) is 5.32 Å². The molecule has 0 saturated heterocycles. The highest BCUT2D eigenvalue weighted by Gasteiger charge is 2.10. The molecule has 14 heavy (non-hydrogen) atoms. The average Bonchev–Trinajstić information content (AvgIpc) is 2.16. The van der Waals surface area contributed by atoms with Gasteiger partial charge in [-0.15, -0.1) is 0 Å². The highest BCUT2D eigenvalue weighted by Crippen LogP contribution is 2.09. The Morgan fingerprint density at radius 3 is 2.93 bits per heavy atom. The Balaban J connectivity index is 2.65. The Labute approximate surface area is 82.1 Å². The molecule has 0 radical (unpaired) electrons. The fourth-order valence-electron chi connectivity index (χ4n) is 0.987. The first-order valence-corrected chi connectivity index (χ1v) is 4.45. The largest absolute Gasteiger partial charge is 0.325 e. The van der Waals surface area contributed by atoms with Crippen LogP contribution in [0.25, 0.3) is 0 Å². The van der Waals surface area contributed by atoms with Gasteiger partial charge in [0.25, 0.3) is 0 Å². The molecule has 0 heterocycles. The maximum atomic E-state index is 12.7. The van der Waals surface area contributed by atoms with Gasteiger partial charge in [-0.3, -0.25) is 4.79 Å². The first kappa shape index (κ1) is 10.7. The van der Waals surface area contributed by atoms with Crippen LogP contribution >= 0.6 is 0 Å². The van der Waals surface area contributed by atoms with E-state index in [1.807, 2.05) is 6.92 Å². The number of halogens is 1. The SMILES string of the molecule is CC[C@H](N)C(=O)Nc1cccc(F)c1. The van der Waals surface area contributed by atoms with Crippen LogP contribution in [0.1, 0.15) is 13.3 Å². The van der Waals surface area contributed by atoms with Gasteiger partial charge in [0.2, 0.25) is 5.91 Å². The number of hydrogen-bond donors (Lipinski definition) is 2. The van der Waals surface area contributed by atoms with Crippen molar-refractivity contribution in [3.8, 4) is 0 Å². The molecule has 1 rings (SSSR count). The average molecular weight is 196 g/mol. The summed E-state index contributed by atoms with van der Waals surface area (Å²) in [5.41, 5.74) is 5.93. The summed E-state index contributed by atoms with van der Waals surface area (Å²) >= 11 is 0. The van der Waals surface area contributed by atoms with Crippen molar-refractivity contribution in [3.05, 3.63) is 30.1 Å². The lowest BCUT2D eigenvalue weighted by Gasteiger charge is -2.09. The number of carbonyl (C=O) groups is 1. The summed E-state index contributed by atoms with van der Waals surface area (Å²) in [6.07, 6.45) is 0.557. The van der Waals surface area contributed by atoms with Crippen molar-refractivity contribution >= 4 is 11.6 Å². The Morgan fingerprint density at radius 2 is 2.36 bits per heavy atom. The number of carbonyl (C=O) groups excluding carboxylic acids is 1. The predicted octanol–water partition coefficient (Wildman–Crippen LogP) is 1.50. The second-order valence-electron chi connectivity index (χ2n) is 3.01. The zero-order chi connectivity index (χ0) is 10.6. The van der Waals surface area contributed by atoms with Crippen LogP contribution in [-0.4, -0.2) is 11.9 Å². The van der Waals surface area contributed by atoms with Crippen molar-refractivity contribution in [3.63, 3.8) is 0 Å². The third-order valence-corrected chi connectivity index (χ3v) is 1.87. The zero-order valence-electron chi connectivity index (χ0n) is 7.96. The number of anilines is 1. The Kier molecular flexibility index (Phi) is 3.59. The van der Waals surface area contributed by atoms with Crippen molar-refractivity contribution in [2.24, 2.45) is 5.73 Å². The van der Waals surface area contributed by atoms with Gasteiger partial charge in [0.1, 0.15) is 5.82 Å². The highest BCUT2D eigenvalue weighted by atomic mass is 19.1. The Morgan fingerprint density at radius 1 is 1.64 bits per heavy atom. The summed E-state index contributed by atoms with van der Waals surface area (Å²) in [4.78, 5) is 11.3. The molecule has 0 aliphatic heterocycles. The molecule has 4 heteroatoms. The van der Waals surface area contributed by atoms with Gasteiger partial charge in [0.05, 0.1) is 6.04 Å². The molecule has 3 N–H and O–H groups in total. The van der Waals surface area contributed by atoms with Gasteiger partial charge in [-0.2, -0.15) is 0 Å². The van der Waals surface area contributed by atoms with Crippen LogP contribution < -0.4 is 11.1 Å². The molecule has 0 aliphatic carbocycles. The number of hydrogen-bond acceptors (Lipinski definition) is 2. The van der Waals surface area contributed by atoms with Crippen LogP contribution in [0.2, 0.25) is 0 Å². The molecule has 1 amide bonds. The summed E-state index contributed by atoms with van der Waals surface area (Å²) in [6, 6.07) is 5.17. The van der Waals surface area contributed by atoms with E-state index in [4.69, 9.17) is 5.73 Å². The molecule has 1 aromatic rings. The van der Waals surface area contributed by atoms with Crippen LogP contribution in [0.15, 0.2) is 24.3 Å². The van der Waals surface area contributed by atoms with Gasteiger partial charge in [0.15, 0.2) is 0 Å². The van der Waals surface area contributed by atoms with Crippen molar-refractivity contribution in [2.45, 2.75) is 19.4 Å². The number of rotatable bonds is 3. The highest BCUT2D eigenvalue weighted by molar-refractivity contribution is 5.94. The van der Waals surface area contributed by atoms with Crippen LogP contribution in [0.4, 0.5) is 10.1 Å². The lowest BCUT2D eigenvalue weighted by atomic mass is 10.2. The molecule has 0 unspecified atom stereocenters. The van der Waals surface area contributed by atoms with Gasteiger partial charge in [-0.1, -0.05) is 13.0 Å². The normalized spacial score (nSPS) is 12.2. The maximum absolute atomic E-state index is 12.7. The van der Waals surface area contributed by atoms with E-state index in [1.54, 1.807) is 6.07 Å². The molecule has 1 aromatic carbocycles. The zero-order valence-corrected chi connectivity index (χ0v) is 7.96. The summed E-state index contributed by atoms with van der Waals surface area (Å²) in [6.45, 7) is 1.82. The van der Waals surface area contributed by atoms with Crippen molar-refractivity contribution in [2.75, 3.05) is 5.32 Å². The topological polar surface area (TPSA) is 55.1 Å². The molecule has 0 bridgehead atoms. The molecular weight excluding hydrogens is 183 g/mol. The number of nitrogens with two attached hydrogens (primary N) is 1. The lowest BCUT2D eigenvalue weighted by Crippen LogP contribution is -2.34. The number of amides is 1. The van der Waals surface area contributed by atoms with Crippen molar-refractivity contribution < 1.29 is 9.18 Å². The van der Waals surface area contributed by atoms with Gasteiger partial charge < -0.3 is 11.1 Å². The van der Waals surface area contributed by atoms with E-state index in [0.29, 0.717) is 12.1 Å². The Hall–Kier alpha value is -1.42. The van der Waals surface area contributed by atoms with Crippen LogP contribution in [0.5, 0.6) is 0 Å². The molecule has 0 saturated carbocycles. The second kappa shape index (κ2) is 4.72. The van der Waals surface area contributed by atoms with Crippen LogP contribution in [0.3, 0.4) is 0 Å². The van der Waals surface area contributed by atoms with Gasteiger partial charge in [-0.25, -0.2) is 4.39 Å². The van der Waals surface area contributed by atoms with E-state index in [9.17, 15) is 9.18 Å². The van der Waals surface area contributed by atoms with E-state index < -0.39 is 6.04 Å². The van der Waals surface area contributed by atoms with Gasteiger partial charge in [0, 0.05) is 5.69 Å². The van der Waals surface area contributed by atoms with Gasteiger partial charge >= 0.3 is 0 Å². The minimum atomic E-state index is -0.543. The smallest absolute Gasteiger partial charge is 0.241 e. The molecule has 3 nitrogen and oxygen atoms in total. The standard InChI is InChI=1S/C10H13FN2O/c1-2-9(12)10(14)13-8-5-3-4-7(11)6-8/h3-6,9H,2,12H2,1H3,(H,13,14)/t9-/m0/s1. The van der Waals surface area contributed by atoms with E-state index in [1.165, 1.54) is 18.2 Å². The van der Waals surface area contributed by atoms with Gasteiger partial charge in [-0.05, 0) is 24.6 Å². The van der Waals surface area contributed by atoms with E-state index in [0.717, 1.165) is 0 Å². The fourth-order valence-corrected chi connectivity index (χ4v) is 0.987. The summed E-state index contributed by atoms with van der Waals surface area (Å²) in [7, 11) is 0. The third kappa shape index (κ3) is 2.81. The first-order valence-electron chi connectivity index (χ1n) is 4.45. The summed E-state index contributed by atoms with van der Waals surface area (Å²) < 4.78 is 12.7. The monoisotopic (exact) mass is 196 g/mol. The molecule has 1 atom stereocenters. The number of benzene rings is 1. The Bertz CT molecular complexity index is 328. The van der Waals surface area contributed by atoms with Crippen molar-refractivity contribution in [1.82, 2.24) is 0 Å². The molecule has 0 fully saturated rings. The predicted molar refractivity (Wildman–Crippen MR) is 53.3 cm³/mol. The van der Waals surface area contributed by atoms with Crippen LogP contribution in [-0.2, 0) is 4.79 Å². The maximum Gasteiger partial charge on any atom is 0.241 e. The summed E-state index contributed by atoms with van der Waals surface area (Å²) in [5.74, 6) is -0.675. The fraction of sp³-hybridized carbons (Fsp3) is 0.300. The van der Waals surface area contributed by atoms with Crippen molar-refractivity contribution in [1.29, 1.82) is 0 Å². The third-order valence-electron chi connectivity index (χ3n) is 1.87. The van der Waals surface area contributed by atoms with E-state index in [-0.39, 0.29) is 11.7 Å². The summed E-state index contributed by atoms with van der Waals surface area (Å²) in [5, 5.41) is 2.53. The minimum absolute atomic E-state index is 0.293. The van der Waals surface area contributed by atoms with Crippen LogP contribution in [0, 0.1) is 5.82 Å². The first-order chi connectivity index (χ1) is 6.63. The van der Waals surface area contributed by atoms with E-state index >= 15 is 0 Å². The minimum Gasteiger partial charge on any atom is -0.325 e. The molecular formula is C10H13FN2O.